The third kappa shape index (κ3) is 3.92. The Labute approximate surface area is 99.2 Å². The zero-order valence-electron chi connectivity index (χ0n) is 9.53. The standard InChI is InChI=1S/C11H17NO3S/c1-8(3-5-15-2)12-7-9-4-6-16-10(9)11(13)14/h4,6,8,12H,3,5,7H2,1-2H3,(H,13,14). The summed E-state index contributed by atoms with van der Waals surface area (Å²) in [4.78, 5) is 11.3. The summed E-state index contributed by atoms with van der Waals surface area (Å²) in [7, 11) is 1.67. The quantitative estimate of drug-likeness (QED) is 0.768. The summed E-state index contributed by atoms with van der Waals surface area (Å²) in [5.41, 5.74) is 0.849. The Balaban J connectivity index is 2.42. The average molecular weight is 243 g/mol. The number of carbonyl (C=O) groups is 1. The van der Waals surface area contributed by atoms with Gasteiger partial charge in [0.25, 0.3) is 0 Å². The molecule has 0 aliphatic carbocycles. The molecule has 4 nitrogen and oxygen atoms in total. The fourth-order valence-corrected chi connectivity index (χ4v) is 2.10. The van der Waals surface area contributed by atoms with Crippen molar-refractivity contribution in [3.8, 4) is 0 Å². The number of thiophene rings is 1. The molecular formula is C11H17NO3S. The summed E-state index contributed by atoms with van der Waals surface area (Å²) < 4.78 is 4.98. The van der Waals surface area contributed by atoms with Crippen LogP contribution in [-0.2, 0) is 11.3 Å². The van der Waals surface area contributed by atoms with Crippen LogP contribution in [0.15, 0.2) is 11.4 Å². The van der Waals surface area contributed by atoms with Crippen molar-refractivity contribution in [3.63, 3.8) is 0 Å². The van der Waals surface area contributed by atoms with Gasteiger partial charge in [-0.15, -0.1) is 11.3 Å². The minimum Gasteiger partial charge on any atom is -0.477 e. The first-order chi connectivity index (χ1) is 7.65. The molecule has 5 heteroatoms. The van der Waals surface area contributed by atoms with E-state index in [1.807, 2.05) is 6.07 Å². The zero-order chi connectivity index (χ0) is 12.0. The van der Waals surface area contributed by atoms with E-state index in [0.29, 0.717) is 24.1 Å². The van der Waals surface area contributed by atoms with Gasteiger partial charge in [-0.05, 0) is 30.4 Å². The van der Waals surface area contributed by atoms with Crippen LogP contribution in [0, 0.1) is 0 Å². The maximum absolute atomic E-state index is 10.9. The predicted octanol–water partition coefficient (Wildman–Crippen LogP) is 1.96. The van der Waals surface area contributed by atoms with Crippen molar-refractivity contribution < 1.29 is 14.6 Å². The molecule has 1 rings (SSSR count). The summed E-state index contributed by atoms with van der Waals surface area (Å²) in [6.45, 7) is 3.37. The number of ether oxygens (including phenoxy) is 1. The van der Waals surface area contributed by atoms with Gasteiger partial charge in [-0.25, -0.2) is 4.79 Å². The van der Waals surface area contributed by atoms with E-state index in [9.17, 15) is 4.79 Å². The van der Waals surface area contributed by atoms with Crippen molar-refractivity contribution in [2.24, 2.45) is 0 Å². The predicted molar refractivity (Wildman–Crippen MR) is 64.1 cm³/mol. The number of carboxylic acid groups (broad SMARTS) is 1. The van der Waals surface area contributed by atoms with Gasteiger partial charge in [-0.1, -0.05) is 0 Å². The molecule has 0 amide bonds. The van der Waals surface area contributed by atoms with Gasteiger partial charge in [-0.2, -0.15) is 0 Å². The SMILES string of the molecule is COCCC(C)NCc1ccsc1C(=O)O. The minimum atomic E-state index is -0.851. The van der Waals surface area contributed by atoms with E-state index in [0.717, 1.165) is 12.0 Å². The lowest BCUT2D eigenvalue weighted by Crippen LogP contribution is -2.27. The van der Waals surface area contributed by atoms with Crippen LogP contribution >= 0.6 is 11.3 Å². The monoisotopic (exact) mass is 243 g/mol. The molecule has 2 N–H and O–H groups in total. The molecular weight excluding hydrogens is 226 g/mol. The molecule has 0 fully saturated rings. The van der Waals surface area contributed by atoms with Gasteiger partial charge < -0.3 is 15.2 Å². The van der Waals surface area contributed by atoms with Crippen molar-refractivity contribution in [3.05, 3.63) is 21.9 Å². The lowest BCUT2D eigenvalue weighted by molar-refractivity contribution is 0.0701. The smallest absolute Gasteiger partial charge is 0.346 e. The third-order valence-corrected chi connectivity index (χ3v) is 3.28. The van der Waals surface area contributed by atoms with Crippen molar-refractivity contribution >= 4 is 17.3 Å². The van der Waals surface area contributed by atoms with Crippen molar-refractivity contribution in [2.75, 3.05) is 13.7 Å². The summed E-state index contributed by atoms with van der Waals surface area (Å²) in [5.74, 6) is -0.851. The Hall–Kier alpha value is -0.910. The molecule has 0 aliphatic rings. The number of hydrogen-bond acceptors (Lipinski definition) is 4. The Morgan fingerprint density at radius 1 is 1.69 bits per heavy atom. The topological polar surface area (TPSA) is 58.6 Å². The number of carboxylic acids is 1. The summed E-state index contributed by atoms with van der Waals surface area (Å²) >= 11 is 1.26. The van der Waals surface area contributed by atoms with E-state index in [-0.39, 0.29) is 0 Å². The molecule has 1 atom stereocenters. The van der Waals surface area contributed by atoms with Gasteiger partial charge in [-0.3, -0.25) is 0 Å². The summed E-state index contributed by atoms with van der Waals surface area (Å²) in [5, 5.41) is 14.0. The van der Waals surface area contributed by atoms with Crippen LogP contribution in [0.5, 0.6) is 0 Å². The number of nitrogens with one attached hydrogen (secondary N) is 1. The van der Waals surface area contributed by atoms with Crippen molar-refractivity contribution in [1.29, 1.82) is 0 Å². The summed E-state index contributed by atoms with van der Waals surface area (Å²) in [6, 6.07) is 2.17. The number of aromatic carboxylic acids is 1. The highest BCUT2D eigenvalue weighted by molar-refractivity contribution is 7.12. The second-order valence-corrected chi connectivity index (χ2v) is 4.56. The van der Waals surface area contributed by atoms with Crippen LogP contribution in [0.4, 0.5) is 0 Å². The highest BCUT2D eigenvalue weighted by Gasteiger charge is 2.11. The van der Waals surface area contributed by atoms with Gasteiger partial charge >= 0.3 is 5.97 Å². The molecule has 0 aromatic carbocycles. The maximum Gasteiger partial charge on any atom is 0.346 e. The van der Waals surface area contributed by atoms with Crippen LogP contribution in [0.1, 0.15) is 28.6 Å². The number of hydrogen-bond donors (Lipinski definition) is 2. The minimum absolute atomic E-state index is 0.321. The van der Waals surface area contributed by atoms with E-state index in [1.165, 1.54) is 11.3 Å². The molecule has 0 saturated heterocycles. The Kier molecular flexibility index (Phi) is 5.45. The molecule has 0 bridgehead atoms. The first-order valence-electron chi connectivity index (χ1n) is 5.17. The van der Waals surface area contributed by atoms with E-state index in [1.54, 1.807) is 12.5 Å². The molecule has 16 heavy (non-hydrogen) atoms. The maximum atomic E-state index is 10.9. The molecule has 90 valence electrons. The lowest BCUT2D eigenvalue weighted by Gasteiger charge is -2.12. The number of rotatable bonds is 7. The molecule has 1 aromatic rings. The fraction of sp³-hybridized carbons (Fsp3) is 0.545. The first-order valence-corrected chi connectivity index (χ1v) is 6.05. The normalized spacial score (nSPS) is 12.6. The lowest BCUT2D eigenvalue weighted by atomic mass is 10.2. The molecule has 1 unspecified atom stereocenters. The first kappa shape index (κ1) is 13.2. The Morgan fingerprint density at radius 3 is 3.06 bits per heavy atom. The van der Waals surface area contributed by atoms with Gasteiger partial charge in [0.05, 0.1) is 0 Å². The van der Waals surface area contributed by atoms with Gasteiger partial charge in [0.15, 0.2) is 0 Å². The molecule has 0 spiro atoms. The van der Waals surface area contributed by atoms with Crippen LogP contribution in [0.25, 0.3) is 0 Å². The van der Waals surface area contributed by atoms with Gasteiger partial charge in [0.2, 0.25) is 0 Å². The largest absolute Gasteiger partial charge is 0.477 e. The van der Waals surface area contributed by atoms with E-state index >= 15 is 0 Å². The molecule has 0 saturated carbocycles. The van der Waals surface area contributed by atoms with Crippen LogP contribution in [0.2, 0.25) is 0 Å². The van der Waals surface area contributed by atoms with E-state index in [2.05, 4.69) is 12.2 Å². The van der Waals surface area contributed by atoms with E-state index in [4.69, 9.17) is 9.84 Å². The second kappa shape index (κ2) is 6.62. The Morgan fingerprint density at radius 2 is 2.44 bits per heavy atom. The van der Waals surface area contributed by atoms with Gasteiger partial charge in [0.1, 0.15) is 4.88 Å². The fourth-order valence-electron chi connectivity index (χ4n) is 1.34. The van der Waals surface area contributed by atoms with Crippen LogP contribution in [0.3, 0.4) is 0 Å². The molecule has 1 aromatic heterocycles. The van der Waals surface area contributed by atoms with Crippen molar-refractivity contribution in [2.45, 2.75) is 25.9 Å². The van der Waals surface area contributed by atoms with Crippen LogP contribution < -0.4 is 5.32 Å². The highest BCUT2D eigenvalue weighted by Crippen LogP contribution is 2.16. The van der Waals surface area contributed by atoms with Crippen molar-refractivity contribution in [1.82, 2.24) is 5.32 Å². The van der Waals surface area contributed by atoms with E-state index < -0.39 is 5.97 Å². The third-order valence-electron chi connectivity index (χ3n) is 2.34. The Bertz CT molecular complexity index is 338. The zero-order valence-corrected chi connectivity index (χ0v) is 10.3. The van der Waals surface area contributed by atoms with Gasteiger partial charge in [0, 0.05) is 26.3 Å². The second-order valence-electron chi connectivity index (χ2n) is 3.64. The number of methoxy groups -OCH3 is 1. The molecule has 0 aliphatic heterocycles. The summed E-state index contributed by atoms with van der Waals surface area (Å²) in [6.07, 6.45) is 0.920. The molecule has 1 heterocycles. The van der Waals surface area contributed by atoms with Crippen LogP contribution in [-0.4, -0.2) is 30.8 Å². The highest BCUT2D eigenvalue weighted by atomic mass is 32.1. The average Bonchev–Trinajstić information content (AvgIpc) is 2.71. The molecule has 0 radical (unpaired) electrons.